The summed E-state index contributed by atoms with van der Waals surface area (Å²) >= 11 is 0. The van der Waals surface area contributed by atoms with Crippen LogP contribution in [0.3, 0.4) is 0 Å². The number of nitro groups is 1. The molecule has 3 rings (SSSR count). The minimum Gasteiger partial charge on any atom is -0.481 e. The zero-order valence-electron chi connectivity index (χ0n) is 15.3. The molecule has 0 radical (unpaired) electrons. The molecule has 2 heterocycles. The van der Waals surface area contributed by atoms with Crippen molar-refractivity contribution >= 4 is 11.6 Å². The Labute approximate surface area is 157 Å². The predicted octanol–water partition coefficient (Wildman–Crippen LogP) is 3.28. The van der Waals surface area contributed by atoms with Crippen molar-refractivity contribution in [3.63, 3.8) is 0 Å². The number of aryl methyl sites for hydroxylation is 2. The van der Waals surface area contributed by atoms with Gasteiger partial charge in [-0.25, -0.2) is 4.98 Å². The van der Waals surface area contributed by atoms with Gasteiger partial charge in [-0.2, -0.15) is 0 Å². The van der Waals surface area contributed by atoms with Gasteiger partial charge in [0.2, 0.25) is 5.88 Å². The number of nitrogens with zero attached hydrogens (tertiary/aromatic N) is 2. The van der Waals surface area contributed by atoms with Gasteiger partial charge in [-0.1, -0.05) is 18.2 Å². The Balaban J connectivity index is 2.04. The number of rotatable bonds is 2. The molecule has 0 unspecified atom stereocenters. The van der Waals surface area contributed by atoms with Gasteiger partial charge in [0.1, 0.15) is 0 Å². The molecule has 7 nitrogen and oxygen atoms in total. The molecule has 0 saturated carbocycles. The van der Waals surface area contributed by atoms with E-state index in [1.54, 1.807) is 13.2 Å². The quantitative estimate of drug-likeness (QED) is 0.499. The molecule has 1 amide bonds. The van der Waals surface area contributed by atoms with Gasteiger partial charge in [-0.3, -0.25) is 14.9 Å². The van der Waals surface area contributed by atoms with Gasteiger partial charge in [0.05, 0.1) is 12.0 Å². The van der Waals surface area contributed by atoms with Crippen molar-refractivity contribution in [3.05, 3.63) is 74.5 Å². The number of carbonyl (C=O) groups excluding carboxylic acids is 1. The SMILES string of the molecule is COc1nc(C)cc2c1CNC(=O)c1cccc([N+](=O)[O-])c1CC=CCC2. The molecular formula is C20H21N3O4. The average Bonchev–Trinajstić information content (AvgIpc) is 2.64. The van der Waals surface area contributed by atoms with Crippen LogP contribution in [0.4, 0.5) is 5.69 Å². The van der Waals surface area contributed by atoms with Crippen LogP contribution in [-0.2, 0) is 19.4 Å². The monoisotopic (exact) mass is 367 g/mol. The topological polar surface area (TPSA) is 94.4 Å². The number of ether oxygens (including phenoxy) is 1. The molecule has 1 aliphatic heterocycles. The van der Waals surface area contributed by atoms with E-state index >= 15 is 0 Å². The maximum Gasteiger partial charge on any atom is 0.273 e. The highest BCUT2D eigenvalue weighted by molar-refractivity contribution is 5.96. The van der Waals surface area contributed by atoms with Crippen molar-refractivity contribution in [3.8, 4) is 5.88 Å². The van der Waals surface area contributed by atoms with Crippen molar-refractivity contribution in [2.24, 2.45) is 0 Å². The van der Waals surface area contributed by atoms with Crippen molar-refractivity contribution in [2.45, 2.75) is 32.7 Å². The number of fused-ring (bicyclic) bond motifs is 2. The first-order chi connectivity index (χ1) is 13.0. The van der Waals surface area contributed by atoms with Gasteiger partial charge in [-0.05, 0) is 43.9 Å². The van der Waals surface area contributed by atoms with Gasteiger partial charge in [0.25, 0.3) is 11.6 Å². The van der Waals surface area contributed by atoms with Crippen LogP contribution in [0.1, 0.15) is 39.2 Å². The Morgan fingerprint density at radius 1 is 1.26 bits per heavy atom. The van der Waals surface area contributed by atoms with E-state index < -0.39 is 4.92 Å². The van der Waals surface area contributed by atoms with Crippen LogP contribution in [0.2, 0.25) is 0 Å². The Morgan fingerprint density at radius 2 is 2.07 bits per heavy atom. The van der Waals surface area contributed by atoms with E-state index in [9.17, 15) is 14.9 Å². The second-order valence-corrected chi connectivity index (χ2v) is 6.37. The first kappa shape index (κ1) is 18.6. The second-order valence-electron chi connectivity index (χ2n) is 6.37. The van der Waals surface area contributed by atoms with Crippen LogP contribution >= 0.6 is 0 Å². The Hall–Kier alpha value is -3.22. The molecule has 1 N–H and O–H groups in total. The highest BCUT2D eigenvalue weighted by atomic mass is 16.6. The van der Waals surface area contributed by atoms with E-state index in [1.807, 2.05) is 25.1 Å². The van der Waals surface area contributed by atoms with Crippen molar-refractivity contribution in [1.29, 1.82) is 0 Å². The first-order valence-electron chi connectivity index (χ1n) is 8.74. The minimum atomic E-state index is -0.448. The number of nitrogens with one attached hydrogen (secondary N) is 1. The van der Waals surface area contributed by atoms with E-state index in [-0.39, 0.29) is 18.1 Å². The lowest BCUT2D eigenvalue weighted by Crippen LogP contribution is -2.25. The number of carbonyl (C=O) groups is 1. The molecule has 7 heteroatoms. The smallest absolute Gasteiger partial charge is 0.273 e. The number of aromatic nitrogens is 1. The fourth-order valence-corrected chi connectivity index (χ4v) is 3.31. The fraction of sp³-hybridized carbons (Fsp3) is 0.300. The van der Waals surface area contributed by atoms with Crippen LogP contribution in [0, 0.1) is 17.0 Å². The summed E-state index contributed by atoms with van der Waals surface area (Å²) in [5.74, 6) is 0.141. The number of benzene rings is 1. The summed E-state index contributed by atoms with van der Waals surface area (Å²) in [6.07, 6.45) is 5.76. The molecule has 1 aliphatic rings. The number of allylic oxidation sites excluding steroid dienone is 2. The average molecular weight is 367 g/mol. The zero-order valence-corrected chi connectivity index (χ0v) is 15.3. The van der Waals surface area contributed by atoms with E-state index in [4.69, 9.17) is 4.74 Å². The van der Waals surface area contributed by atoms with Crippen LogP contribution < -0.4 is 10.1 Å². The van der Waals surface area contributed by atoms with Crippen molar-refractivity contribution < 1.29 is 14.5 Å². The summed E-state index contributed by atoms with van der Waals surface area (Å²) in [5, 5.41) is 14.2. The molecular weight excluding hydrogens is 346 g/mol. The van der Waals surface area contributed by atoms with E-state index in [1.165, 1.54) is 12.1 Å². The van der Waals surface area contributed by atoms with Crippen LogP contribution in [0.25, 0.3) is 0 Å². The summed E-state index contributed by atoms with van der Waals surface area (Å²) in [6, 6.07) is 6.58. The molecule has 0 bridgehead atoms. The number of hydrogen-bond acceptors (Lipinski definition) is 5. The Kier molecular flexibility index (Phi) is 5.49. The van der Waals surface area contributed by atoms with Crippen molar-refractivity contribution in [2.75, 3.05) is 7.11 Å². The van der Waals surface area contributed by atoms with E-state index in [2.05, 4.69) is 10.3 Å². The molecule has 2 aromatic rings. The first-order valence-corrected chi connectivity index (χ1v) is 8.74. The largest absolute Gasteiger partial charge is 0.481 e. The third-order valence-corrected chi connectivity index (χ3v) is 4.59. The summed E-state index contributed by atoms with van der Waals surface area (Å²) in [5.41, 5.74) is 3.45. The molecule has 0 spiro atoms. The Morgan fingerprint density at radius 3 is 2.81 bits per heavy atom. The van der Waals surface area contributed by atoms with Gasteiger partial charge in [-0.15, -0.1) is 0 Å². The van der Waals surface area contributed by atoms with Gasteiger partial charge in [0.15, 0.2) is 0 Å². The third-order valence-electron chi connectivity index (χ3n) is 4.59. The number of pyridine rings is 1. The Bertz CT molecular complexity index is 922. The standard InChI is InChI=1S/C20H21N3O4/c1-13-11-14-7-4-3-5-8-15-16(9-6-10-18(15)23(25)26)19(24)21-12-17(14)20(22-13)27-2/h3,5-6,9-11H,4,7-8,12H2,1-2H3,(H,21,24). The van der Waals surface area contributed by atoms with E-state index in [0.29, 0.717) is 23.4 Å². The van der Waals surface area contributed by atoms with Gasteiger partial charge in [0, 0.05) is 35.0 Å². The molecule has 140 valence electrons. The van der Waals surface area contributed by atoms with Gasteiger partial charge < -0.3 is 10.1 Å². The molecule has 1 aromatic carbocycles. The third kappa shape index (κ3) is 3.97. The predicted molar refractivity (Wildman–Crippen MR) is 101 cm³/mol. The fourth-order valence-electron chi connectivity index (χ4n) is 3.31. The lowest BCUT2D eigenvalue weighted by Gasteiger charge is -2.16. The molecule has 0 aliphatic carbocycles. The lowest BCUT2D eigenvalue weighted by molar-refractivity contribution is -0.385. The number of methoxy groups -OCH3 is 1. The second kappa shape index (κ2) is 7.99. The molecule has 0 saturated heterocycles. The summed E-state index contributed by atoms with van der Waals surface area (Å²) in [4.78, 5) is 28.1. The highest BCUT2D eigenvalue weighted by Gasteiger charge is 2.21. The number of hydrogen-bond donors (Lipinski definition) is 1. The lowest BCUT2D eigenvalue weighted by atomic mass is 9.98. The molecule has 0 fully saturated rings. The maximum absolute atomic E-state index is 12.8. The summed E-state index contributed by atoms with van der Waals surface area (Å²) in [6.45, 7) is 2.15. The van der Waals surface area contributed by atoms with Crippen LogP contribution in [-0.4, -0.2) is 22.9 Å². The minimum absolute atomic E-state index is 0.0420. The molecule has 0 atom stereocenters. The number of nitro benzene ring substituents is 1. The zero-order chi connectivity index (χ0) is 19.4. The van der Waals surface area contributed by atoms with Crippen LogP contribution in [0.5, 0.6) is 5.88 Å². The van der Waals surface area contributed by atoms with Crippen molar-refractivity contribution in [1.82, 2.24) is 10.3 Å². The summed E-state index contributed by atoms with van der Waals surface area (Å²) in [7, 11) is 1.55. The maximum atomic E-state index is 12.8. The highest BCUT2D eigenvalue weighted by Crippen LogP contribution is 2.26. The summed E-state index contributed by atoms with van der Waals surface area (Å²) < 4.78 is 5.40. The molecule has 27 heavy (non-hydrogen) atoms. The van der Waals surface area contributed by atoms with Gasteiger partial charge >= 0.3 is 0 Å². The number of amides is 1. The van der Waals surface area contributed by atoms with E-state index in [0.717, 1.165) is 29.7 Å². The normalized spacial score (nSPS) is 14.2. The van der Waals surface area contributed by atoms with Crippen LogP contribution in [0.15, 0.2) is 36.4 Å². The molecule has 1 aromatic heterocycles.